The van der Waals surface area contributed by atoms with Crippen molar-refractivity contribution >= 4 is 27.6 Å². The van der Waals surface area contributed by atoms with E-state index < -0.39 is 5.82 Å². The van der Waals surface area contributed by atoms with E-state index in [9.17, 15) is 9.65 Å². The van der Waals surface area contributed by atoms with Crippen LogP contribution in [0, 0.1) is 24.1 Å². The Hall–Kier alpha value is -2.90. The fourth-order valence-corrected chi connectivity index (χ4v) is 3.21. The van der Waals surface area contributed by atoms with Crippen LogP contribution in [0.2, 0.25) is 0 Å². The minimum atomic E-state index is -0.414. The number of halogens is 2. The molecule has 3 aromatic carbocycles. The summed E-state index contributed by atoms with van der Waals surface area (Å²) in [6, 6.07) is 22.0. The van der Waals surface area contributed by atoms with Gasteiger partial charge in [0.25, 0.3) is 0 Å². The lowest BCUT2D eigenvalue weighted by Crippen LogP contribution is -1.96. The molecule has 0 aromatic heterocycles. The van der Waals surface area contributed by atoms with E-state index in [2.05, 4.69) is 28.1 Å². The molecule has 0 spiro atoms. The van der Waals surface area contributed by atoms with Crippen molar-refractivity contribution in [3.8, 4) is 11.8 Å². The highest BCUT2D eigenvalue weighted by Crippen LogP contribution is 2.29. The first-order valence-electron chi connectivity index (χ1n) is 8.41. The number of hydrogen-bond acceptors (Lipinski definition) is 2. The average molecular weight is 422 g/mol. The van der Waals surface area contributed by atoms with Crippen LogP contribution in [0.5, 0.6) is 5.75 Å². The van der Waals surface area contributed by atoms with Gasteiger partial charge in [-0.05, 0) is 58.3 Å². The van der Waals surface area contributed by atoms with Gasteiger partial charge in [0.1, 0.15) is 18.2 Å². The molecule has 0 aliphatic heterocycles. The molecule has 0 aliphatic rings. The fraction of sp³-hybridized carbons (Fsp3) is 0.0870. The summed E-state index contributed by atoms with van der Waals surface area (Å²) in [5, 5.41) is 9.40. The Labute approximate surface area is 166 Å². The summed E-state index contributed by atoms with van der Waals surface area (Å²) in [4.78, 5) is 0. The Morgan fingerprint density at radius 2 is 1.93 bits per heavy atom. The van der Waals surface area contributed by atoms with Crippen molar-refractivity contribution in [2.45, 2.75) is 13.5 Å². The molecule has 0 bridgehead atoms. The van der Waals surface area contributed by atoms with Gasteiger partial charge in [-0.25, -0.2) is 4.39 Å². The zero-order valence-electron chi connectivity index (χ0n) is 14.7. The molecular weight excluding hydrogens is 405 g/mol. The SMILES string of the molecule is Cc1cccc(COc2ccc(C=C(C#N)c3ccccc3F)cc2Br)c1. The Kier molecular flexibility index (Phi) is 6.05. The van der Waals surface area contributed by atoms with Crippen molar-refractivity contribution in [2.75, 3.05) is 0 Å². The van der Waals surface area contributed by atoms with Crippen molar-refractivity contribution in [1.82, 2.24) is 0 Å². The van der Waals surface area contributed by atoms with E-state index in [1.54, 1.807) is 24.3 Å². The first-order chi connectivity index (χ1) is 13.1. The van der Waals surface area contributed by atoms with E-state index in [1.165, 1.54) is 11.6 Å². The zero-order chi connectivity index (χ0) is 19.2. The summed E-state index contributed by atoms with van der Waals surface area (Å²) < 4.78 is 20.6. The molecule has 27 heavy (non-hydrogen) atoms. The van der Waals surface area contributed by atoms with Crippen LogP contribution in [0.3, 0.4) is 0 Å². The average Bonchev–Trinajstić information content (AvgIpc) is 2.66. The van der Waals surface area contributed by atoms with Gasteiger partial charge >= 0.3 is 0 Å². The van der Waals surface area contributed by atoms with Gasteiger partial charge in [0.05, 0.1) is 16.1 Å². The molecule has 0 fully saturated rings. The molecule has 0 radical (unpaired) electrons. The molecule has 0 N–H and O–H groups in total. The minimum absolute atomic E-state index is 0.272. The lowest BCUT2D eigenvalue weighted by Gasteiger charge is -2.10. The van der Waals surface area contributed by atoms with Crippen molar-refractivity contribution in [2.24, 2.45) is 0 Å². The predicted molar refractivity (Wildman–Crippen MR) is 110 cm³/mol. The minimum Gasteiger partial charge on any atom is -0.488 e. The quantitative estimate of drug-likeness (QED) is 0.346. The summed E-state index contributed by atoms with van der Waals surface area (Å²) in [6.45, 7) is 2.51. The van der Waals surface area contributed by atoms with E-state index in [0.717, 1.165) is 15.6 Å². The Morgan fingerprint density at radius 1 is 1.11 bits per heavy atom. The van der Waals surface area contributed by atoms with Crippen molar-refractivity contribution in [3.05, 3.63) is 99.3 Å². The predicted octanol–water partition coefficient (Wildman–Crippen LogP) is 6.54. The zero-order valence-corrected chi connectivity index (χ0v) is 16.3. The second-order valence-corrected chi connectivity index (χ2v) is 6.97. The van der Waals surface area contributed by atoms with Gasteiger partial charge in [-0.15, -0.1) is 0 Å². The van der Waals surface area contributed by atoms with Gasteiger partial charge < -0.3 is 4.74 Å². The number of nitrogens with zero attached hydrogens (tertiary/aromatic N) is 1. The standard InChI is InChI=1S/C23H17BrFNO/c1-16-5-4-6-18(11-16)15-27-23-10-9-17(13-21(23)24)12-19(14-26)20-7-2-3-8-22(20)25/h2-13H,15H2,1H3. The molecule has 3 aromatic rings. The van der Waals surface area contributed by atoms with Crippen LogP contribution >= 0.6 is 15.9 Å². The number of benzene rings is 3. The molecule has 134 valence electrons. The Morgan fingerprint density at radius 3 is 2.63 bits per heavy atom. The third-order valence-corrected chi connectivity index (χ3v) is 4.65. The number of nitriles is 1. The Bertz CT molecular complexity index is 1040. The third-order valence-electron chi connectivity index (χ3n) is 4.03. The molecule has 0 aliphatic carbocycles. The monoisotopic (exact) mass is 421 g/mol. The summed E-state index contributed by atoms with van der Waals surface area (Å²) >= 11 is 3.51. The molecule has 4 heteroatoms. The number of ether oxygens (including phenoxy) is 1. The van der Waals surface area contributed by atoms with E-state index in [-0.39, 0.29) is 11.1 Å². The van der Waals surface area contributed by atoms with Crippen LogP contribution in [0.1, 0.15) is 22.3 Å². The first-order valence-corrected chi connectivity index (χ1v) is 9.21. The smallest absolute Gasteiger partial charge is 0.134 e. The summed E-state index contributed by atoms with van der Waals surface area (Å²) in [7, 11) is 0. The van der Waals surface area contributed by atoms with E-state index >= 15 is 0 Å². The number of rotatable bonds is 5. The summed E-state index contributed by atoms with van der Waals surface area (Å²) in [5.41, 5.74) is 3.62. The van der Waals surface area contributed by atoms with Crippen LogP contribution in [-0.2, 0) is 6.61 Å². The van der Waals surface area contributed by atoms with E-state index in [1.807, 2.05) is 43.3 Å². The highest BCUT2D eigenvalue weighted by molar-refractivity contribution is 9.10. The van der Waals surface area contributed by atoms with Gasteiger partial charge in [0, 0.05) is 5.56 Å². The van der Waals surface area contributed by atoms with E-state index in [0.29, 0.717) is 12.4 Å². The van der Waals surface area contributed by atoms with Gasteiger partial charge in [-0.1, -0.05) is 54.1 Å². The second-order valence-electron chi connectivity index (χ2n) is 6.12. The topological polar surface area (TPSA) is 33.0 Å². The lowest BCUT2D eigenvalue weighted by atomic mass is 10.0. The second kappa shape index (κ2) is 8.66. The van der Waals surface area contributed by atoms with Crippen molar-refractivity contribution in [1.29, 1.82) is 5.26 Å². The first kappa shape index (κ1) is 18.9. The molecule has 0 heterocycles. The van der Waals surface area contributed by atoms with Crippen LogP contribution in [0.4, 0.5) is 4.39 Å². The van der Waals surface area contributed by atoms with Crippen LogP contribution in [0.15, 0.2) is 71.2 Å². The Balaban J connectivity index is 1.80. The van der Waals surface area contributed by atoms with Crippen LogP contribution in [0.25, 0.3) is 11.6 Å². The molecule has 0 saturated carbocycles. The van der Waals surface area contributed by atoms with Crippen LogP contribution < -0.4 is 4.74 Å². The number of allylic oxidation sites excluding steroid dienone is 1. The van der Waals surface area contributed by atoms with Crippen molar-refractivity contribution in [3.63, 3.8) is 0 Å². The normalized spacial score (nSPS) is 11.1. The number of aryl methyl sites for hydroxylation is 1. The third kappa shape index (κ3) is 4.84. The van der Waals surface area contributed by atoms with Crippen LogP contribution in [-0.4, -0.2) is 0 Å². The summed E-state index contributed by atoms with van der Waals surface area (Å²) in [5.74, 6) is 0.292. The molecule has 2 nitrogen and oxygen atoms in total. The van der Waals surface area contributed by atoms with Gasteiger partial charge in [0.2, 0.25) is 0 Å². The number of hydrogen-bond donors (Lipinski definition) is 0. The maximum Gasteiger partial charge on any atom is 0.134 e. The van der Waals surface area contributed by atoms with Crippen molar-refractivity contribution < 1.29 is 9.13 Å². The maximum atomic E-state index is 13.9. The largest absolute Gasteiger partial charge is 0.488 e. The molecule has 0 saturated heterocycles. The van der Waals surface area contributed by atoms with Gasteiger partial charge in [-0.3, -0.25) is 0 Å². The molecule has 0 atom stereocenters. The van der Waals surface area contributed by atoms with Gasteiger partial charge in [0.15, 0.2) is 0 Å². The van der Waals surface area contributed by atoms with E-state index in [4.69, 9.17) is 4.74 Å². The fourth-order valence-electron chi connectivity index (χ4n) is 2.70. The molecular formula is C23H17BrFNO. The maximum absolute atomic E-state index is 13.9. The molecule has 0 amide bonds. The molecule has 3 rings (SSSR count). The highest BCUT2D eigenvalue weighted by atomic mass is 79.9. The molecule has 0 unspecified atom stereocenters. The highest BCUT2D eigenvalue weighted by Gasteiger charge is 2.08. The summed E-state index contributed by atoms with van der Waals surface area (Å²) in [6.07, 6.45) is 1.66. The lowest BCUT2D eigenvalue weighted by molar-refractivity contribution is 0.304. The van der Waals surface area contributed by atoms with Gasteiger partial charge in [-0.2, -0.15) is 5.26 Å².